The van der Waals surface area contributed by atoms with Crippen molar-refractivity contribution in [3.63, 3.8) is 0 Å². The lowest BCUT2D eigenvalue weighted by molar-refractivity contribution is -0.126. The molecular formula is C24H27FN2O3. The Morgan fingerprint density at radius 2 is 1.43 bits per heavy atom. The highest BCUT2D eigenvalue weighted by atomic mass is 19.1. The van der Waals surface area contributed by atoms with Crippen LogP contribution in [0.15, 0.2) is 42.5 Å². The first kappa shape index (κ1) is 21.7. The summed E-state index contributed by atoms with van der Waals surface area (Å²) >= 11 is 0. The van der Waals surface area contributed by atoms with Crippen LogP contribution in [0.3, 0.4) is 0 Å². The molecule has 0 atom stereocenters. The zero-order valence-corrected chi connectivity index (χ0v) is 17.9. The molecule has 2 aromatic carbocycles. The van der Waals surface area contributed by atoms with Crippen LogP contribution in [0.4, 0.5) is 10.1 Å². The quantitative estimate of drug-likeness (QED) is 0.567. The number of carbonyl (C=O) groups excluding carboxylic acids is 3. The average Bonchev–Trinajstić information content (AvgIpc) is 2.72. The number of ketones is 2. The van der Waals surface area contributed by atoms with Gasteiger partial charge >= 0.3 is 0 Å². The topological polar surface area (TPSA) is 57.7 Å². The van der Waals surface area contributed by atoms with Crippen LogP contribution < -0.4 is 4.90 Å². The predicted molar refractivity (Wildman–Crippen MR) is 115 cm³/mol. The van der Waals surface area contributed by atoms with E-state index in [-0.39, 0.29) is 11.2 Å². The van der Waals surface area contributed by atoms with Gasteiger partial charge in [0, 0.05) is 37.3 Å². The van der Waals surface area contributed by atoms with E-state index in [0.29, 0.717) is 43.0 Å². The van der Waals surface area contributed by atoms with Crippen LogP contribution in [-0.2, 0) is 10.2 Å². The lowest BCUT2D eigenvalue weighted by atomic mass is 9.86. The third-order valence-corrected chi connectivity index (χ3v) is 5.47. The Labute approximate surface area is 176 Å². The lowest BCUT2D eigenvalue weighted by Gasteiger charge is -2.36. The summed E-state index contributed by atoms with van der Waals surface area (Å²) in [5.41, 5.74) is 2.17. The summed E-state index contributed by atoms with van der Waals surface area (Å²) in [6.07, 6.45) is 0. The molecule has 1 heterocycles. The molecular weight excluding hydrogens is 383 g/mol. The van der Waals surface area contributed by atoms with E-state index in [4.69, 9.17) is 0 Å². The fourth-order valence-corrected chi connectivity index (χ4v) is 3.52. The molecule has 0 bridgehead atoms. The molecule has 1 fully saturated rings. The number of halogens is 1. The maximum Gasteiger partial charge on any atom is 0.295 e. The van der Waals surface area contributed by atoms with E-state index < -0.39 is 17.5 Å². The Morgan fingerprint density at radius 1 is 0.867 bits per heavy atom. The van der Waals surface area contributed by atoms with E-state index in [1.807, 2.05) is 17.0 Å². The first-order chi connectivity index (χ1) is 14.1. The maximum absolute atomic E-state index is 14.4. The van der Waals surface area contributed by atoms with Gasteiger partial charge in [0.2, 0.25) is 5.78 Å². The summed E-state index contributed by atoms with van der Waals surface area (Å²) in [5, 5.41) is 0. The van der Waals surface area contributed by atoms with E-state index >= 15 is 0 Å². The summed E-state index contributed by atoms with van der Waals surface area (Å²) in [7, 11) is 0. The number of amides is 1. The van der Waals surface area contributed by atoms with Gasteiger partial charge in [0.15, 0.2) is 5.78 Å². The molecule has 0 aromatic heterocycles. The van der Waals surface area contributed by atoms with Gasteiger partial charge in [-0.3, -0.25) is 14.4 Å². The maximum atomic E-state index is 14.4. The molecule has 2 aromatic rings. The Morgan fingerprint density at radius 3 is 1.93 bits per heavy atom. The second-order valence-electron chi connectivity index (χ2n) is 8.66. The molecule has 30 heavy (non-hydrogen) atoms. The minimum atomic E-state index is -0.537. The summed E-state index contributed by atoms with van der Waals surface area (Å²) in [6.45, 7) is 9.15. The number of rotatable bonds is 4. The highest BCUT2D eigenvalue weighted by Crippen LogP contribution is 2.24. The van der Waals surface area contributed by atoms with Crippen LogP contribution >= 0.6 is 0 Å². The Bertz CT molecular complexity index is 969. The van der Waals surface area contributed by atoms with Crippen LogP contribution in [0.2, 0.25) is 0 Å². The first-order valence-corrected chi connectivity index (χ1v) is 10.1. The third-order valence-electron chi connectivity index (χ3n) is 5.47. The van der Waals surface area contributed by atoms with Crippen molar-refractivity contribution in [1.82, 2.24) is 4.90 Å². The summed E-state index contributed by atoms with van der Waals surface area (Å²) < 4.78 is 14.4. The first-order valence-electron chi connectivity index (χ1n) is 10.1. The summed E-state index contributed by atoms with van der Waals surface area (Å²) in [4.78, 5) is 40.0. The summed E-state index contributed by atoms with van der Waals surface area (Å²) in [5.74, 6) is -1.71. The molecule has 1 amide bonds. The van der Waals surface area contributed by atoms with Crippen molar-refractivity contribution in [3.05, 3.63) is 65.0 Å². The van der Waals surface area contributed by atoms with Gasteiger partial charge in [0.1, 0.15) is 5.82 Å². The molecule has 158 valence electrons. The zero-order valence-electron chi connectivity index (χ0n) is 17.9. The largest absolute Gasteiger partial charge is 0.366 e. The fraction of sp³-hybridized carbons (Fsp3) is 0.375. The standard InChI is InChI=1S/C24H27FN2O3/c1-16(28)18-7-10-21(20(25)15-18)26-11-13-27(14-12-26)23(30)22(29)17-5-8-19(9-6-17)24(2,3)4/h5-10,15H,11-14H2,1-4H3. The third kappa shape index (κ3) is 4.58. The SMILES string of the molecule is CC(=O)c1ccc(N2CCN(C(=O)C(=O)c3ccc(C(C)(C)C)cc3)CC2)c(F)c1. The molecule has 1 aliphatic heterocycles. The van der Waals surface area contributed by atoms with Crippen molar-refractivity contribution in [1.29, 1.82) is 0 Å². The van der Waals surface area contributed by atoms with Crippen LogP contribution in [0, 0.1) is 5.82 Å². The molecule has 0 spiro atoms. The number of carbonyl (C=O) groups is 3. The van der Waals surface area contributed by atoms with Gasteiger partial charge in [-0.1, -0.05) is 45.0 Å². The van der Waals surface area contributed by atoms with Crippen molar-refractivity contribution >= 4 is 23.2 Å². The number of benzene rings is 2. The number of piperazine rings is 1. The average molecular weight is 410 g/mol. The van der Waals surface area contributed by atoms with Crippen molar-refractivity contribution in [2.75, 3.05) is 31.1 Å². The van der Waals surface area contributed by atoms with Crippen molar-refractivity contribution in [2.24, 2.45) is 0 Å². The predicted octanol–water partition coefficient (Wildman–Crippen LogP) is 3.86. The second-order valence-corrected chi connectivity index (χ2v) is 8.66. The van der Waals surface area contributed by atoms with Gasteiger partial charge in [-0.15, -0.1) is 0 Å². The van der Waals surface area contributed by atoms with Crippen molar-refractivity contribution in [3.8, 4) is 0 Å². The molecule has 0 saturated carbocycles. The smallest absolute Gasteiger partial charge is 0.295 e. The van der Waals surface area contributed by atoms with Gasteiger partial charge < -0.3 is 9.80 Å². The van der Waals surface area contributed by atoms with E-state index in [1.165, 1.54) is 17.9 Å². The fourth-order valence-electron chi connectivity index (χ4n) is 3.52. The minimum absolute atomic E-state index is 0.0280. The molecule has 5 nitrogen and oxygen atoms in total. The number of hydrogen-bond donors (Lipinski definition) is 0. The minimum Gasteiger partial charge on any atom is -0.366 e. The number of Topliss-reactive ketones (excluding diaryl/α,β-unsaturated/α-hetero) is 2. The van der Waals surface area contributed by atoms with Gasteiger partial charge in [0.05, 0.1) is 5.69 Å². The summed E-state index contributed by atoms with van der Waals surface area (Å²) in [6, 6.07) is 11.6. The van der Waals surface area contributed by atoms with Gasteiger partial charge in [-0.25, -0.2) is 4.39 Å². The van der Waals surface area contributed by atoms with Crippen LogP contribution in [-0.4, -0.2) is 48.6 Å². The van der Waals surface area contributed by atoms with E-state index in [0.717, 1.165) is 5.56 Å². The molecule has 0 unspecified atom stereocenters. The molecule has 6 heteroatoms. The highest BCUT2D eigenvalue weighted by molar-refractivity contribution is 6.42. The Kier molecular flexibility index (Phi) is 6.06. The molecule has 0 radical (unpaired) electrons. The van der Waals surface area contributed by atoms with Crippen molar-refractivity contribution < 1.29 is 18.8 Å². The van der Waals surface area contributed by atoms with Crippen molar-refractivity contribution in [2.45, 2.75) is 33.1 Å². The van der Waals surface area contributed by atoms with Gasteiger partial charge in [0.25, 0.3) is 5.91 Å². The molecule has 0 N–H and O–H groups in total. The molecule has 1 saturated heterocycles. The monoisotopic (exact) mass is 410 g/mol. The normalized spacial score (nSPS) is 14.6. The lowest BCUT2D eigenvalue weighted by Crippen LogP contribution is -2.50. The van der Waals surface area contributed by atoms with E-state index in [1.54, 1.807) is 24.3 Å². The van der Waals surface area contributed by atoms with Crippen LogP contribution in [0.5, 0.6) is 0 Å². The Balaban J connectivity index is 1.64. The van der Waals surface area contributed by atoms with Crippen LogP contribution in [0.25, 0.3) is 0 Å². The van der Waals surface area contributed by atoms with Gasteiger partial charge in [-0.05, 0) is 36.1 Å². The molecule has 0 aliphatic carbocycles. The van der Waals surface area contributed by atoms with Crippen LogP contribution in [0.1, 0.15) is 54.0 Å². The molecule has 3 rings (SSSR count). The number of hydrogen-bond acceptors (Lipinski definition) is 4. The second kappa shape index (κ2) is 8.38. The number of nitrogens with zero attached hydrogens (tertiary/aromatic N) is 2. The highest BCUT2D eigenvalue weighted by Gasteiger charge is 2.28. The van der Waals surface area contributed by atoms with E-state index in [2.05, 4.69) is 20.8 Å². The zero-order chi connectivity index (χ0) is 22.1. The van der Waals surface area contributed by atoms with Gasteiger partial charge in [-0.2, -0.15) is 0 Å². The molecule has 1 aliphatic rings. The Hall–Kier alpha value is -3.02. The number of anilines is 1. The van der Waals surface area contributed by atoms with E-state index in [9.17, 15) is 18.8 Å².